The van der Waals surface area contributed by atoms with Crippen LogP contribution in [0.2, 0.25) is 0 Å². The molecule has 2 aliphatic rings. The first-order valence-electron chi connectivity index (χ1n) is 5.75. The van der Waals surface area contributed by atoms with Gasteiger partial charge in [-0.2, -0.15) is 0 Å². The molecule has 15 heavy (non-hydrogen) atoms. The van der Waals surface area contributed by atoms with E-state index in [0.29, 0.717) is 11.8 Å². The maximum atomic E-state index is 11.3. The van der Waals surface area contributed by atoms with Crippen LogP contribution < -0.4 is 0 Å². The molecule has 2 fully saturated rings. The normalized spacial score (nSPS) is 44.3. The van der Waals surface area contributed by atoms with E-state index < -0.39 is 6.10 Å². The zero-order valence-corrected chi connectivity index (χ0v) is 10.6. The molecule has 4 atom stereocenters. The molecule has 86 valence electrons. The second-order valence-corrected chi connectivity index (χ2v) is 6.38. The Morgan fingerprint density at radius 2 is 2.07 bits per heavy atom. The Bertz CT molecular complexity index is 300. The van der Waals surface area contributed by atoms with Crippen LogP contribution >= 0.6 is 12.6 Å². The van der Waals surface area contributed by atoms with Gasteiger partial charge in [-0.1, -0.05) is 27.2 Å². The second kappa shape index (κ2) is 3.24. The lowest BCUT2D eigenvalue weighted by Crippen LogP contribution is -2.35. The Morgan fingerprint density at radius 3 is 2.60 bits per heavy atom. The highest BCUT2D eigenvalue weighted by molar-refractivity contribution is 7.96. The third kappa shape index (κ3) is 1.32. The van der Waals surface area contributed by atoms with E-state index in [-0.39, 0.29) is 15.9 Å². The van der Waals surface area contributed by atoms with E-state index in [9.17, 15) is 9.90 Å². The Morgan fingerprint density at radius 1 is 1.47 bits per heavy atom. The lowest BCUT2D eigenvalue weighted by Gasteiger charge is -2.30. The van der Waals surface area contributed by atoms with Crippen molar-refractivity contribution in [2.24, 2.45) is 22.7 Å². The van der Waals surface area contributed by atoms with Crippen molar-refractivity contribution in [1.82, 2.24) is 0 Å². The standard InChI is InChI=1S/C12H20O2S/c1-7-4-5-8-11(2,3)12(8,6-7)9(13)10(14)15/h7-9,13H,4-6H2,1-3H3,(H,14,15). The monoisotopic (exact) mass is 228 g/mol. The average Bonchev–Trinajstić information content (AvgIpc) is 2.62. The van der Waals surface area contributed by atoms with Crippen LogP contribution in [0, 0.1) is 22.7 Å². The van der Waals surface area contributed by atoms with Crippen molar-refractivity contribution in [1.29, 1.82) is 0 Å². The Kier molecular flexibility index (Phi) is 2.47. The van der Waals surface area contributed by atoms with Crippen LogP contribution in [-0.4, -0.2) is 16.3 Å². The minimum atomic E-state index is -0.872. The van der Waals surface area contributed by atoms with Gasteiger partial charge in [0.1, 0.15) is 6.10 Å². The zero-order chi connectivity index (χ0) is 11.4. The highest BCUT2D eigenvalue weighted by atomic mass is 32.1. The van der Waals surface area contributed by atoms with Crippen LogP contribution in [-0.2, 0) is 4.79 Å². The van der Waals surface area contributed by atoms with E-state index in [2.05, 4.69) is 33.4 Å². The summed E-state index contributed by atoms with van der Waals surface area (Å²) in [6.45, 7) is 6.56. The van der Waals surface area contributed by atoms with Gasteiger partial charge in [-0.3, -0.25) is 4.79 Å². The molecule has 3 heteroatoms. The minimum absolute atomic E-state index is 0.107. The summed E-state index contributed by atoms with van der Waals surface area (Å²) in [6, 6.07) is 0. The van der Waals surface area contributed by atoms with Crippen LogP contribution in [0.3, 0.4) is 0 Å². The van der Waals surface area contributed by atoms with Crippen molar-refractivity contribution in [3.05, 3.63) is 0 Å². The number of hydrogen-bond acceptors (Lipinski definition) is 2. The van der Waals surface area contributed by atoms with Gasteiger partial charge in [0.25, 0.3) is 0 Å². The van der Waals surface area contributed by atoms with Crippen molar-refractivity contribution < 1.29 is 9.90 Å². The number of aliphatic hydroxyl groups excluding tert-OH is 1. The van der Waals surface area contributed by atoms with E-state index in [4.69, 9.17) is 0 Å². The van der Waals surface area contributed by atoms with E-state index >= 15 is 0 Å². The molecule has 2 saturated carbocycles. The predicted octanol–water partition coefficient (Wildman–Crippen LogP) is 2.27. The SMILES string of the molecule is CC1CCC2C(C)(C)C2(C(O)C(=O)S)C1. The van der Waals surface area contributed by atoms with Gasteiger partial charge in [0.2, 0.25) is 5.12 Å². The summed E-state index contributed by atoms with van der Waals surface area (Å²) in [4.78, 5) is 11.3. The fraction of sp³-hybridized carbons (Fsp3) is 0.917. The van der Waals surface area contributed by atoms with Crippen molar-refractivity contribution in [2.75, 3.05) is 0 Å². The molecule has 2 rings (SSSR count). The van der Waals surface area contributed by atoms with Gasteiger partial charge in [-0.05, 0) is 30.1 Å². The lowest BCUT2D eigenvalue weighted by atomic mass is 9.77. The maximum Gasteiger partial charge on any atom is 0.214 e. The molecule has 0 saturated heterocycles. The summed E-state index contributed by atoms with van der Waals surface area (Å²) in [5.41, 5.74) is -0.0704. The van der Waals surface area contributed by atoms with E-state index in [1.807, 2.05) is 0 Å². The molecule has 4 unspecified atom stereocenters. The van der Waals surface area contributed by atoms with Crippen LogP contribution in [0.1, 0.15) is 40.0 Å². The second-order valence-electron chi connectivity index (χ2n) is 5.94. The predicted molar refractivity (Wildman–Crippen MR) is 62.7 cm³/mol. The average molecular weight is 228 g/mol. The molecular formula is C12H20O2S. The molecule has 0 aromatic carbocycles. The Balaban J connectivity index is 2.29. The molecule has 0 amide bonds. The number of fused-ring (bicyclic) bond motifs is 1. The smallest absolute Gasteiger partial charge is 0.214 e. The van der Waals surface area contributed by atoms with Gasteiger partial charge in [-0.15, -0.1) is 12.6 Å². The number of hydrogen-bond donors (Lipinski definition) is 2. The van der Waals surface area contributed by atoms with Crippen molar-refractivity contribution in [3.63, 3.8) is 0 Å². The summed E-state index contributed by atoms with van der Waals surface area (Å²) in [5.74, 6) is 1.12. The van der Waals surface area contributed by atoms with Crippen LogP contribution in [0.5, 0.6) is 0 Å². The lowest BCUT2D eigenvalue weighted by molar-refractivity contribution is -0.123. The molecule has 0 aromatic heterocycles. The molecule has 0 heterocycles. The van der Waals surface area contributed by atoms with Crippen molar-refractivity contribution in [3.8, 4) is 0 Å². The van der Waals surface area contributed by atoms with Crippen molar-refractivity contribution in [2.45, 2.75) is 46.1 Å². The molecular weight excluding hydrogens is 208 g/mol. The van der Waals surface area contributed by atoms with Gasteiger partial charge >= 0.3 is 0 Å². The van der Waals surface area contributed by atoms with Gasteiger partial charge in [-0.25, -0.2) is 0 Å². The van der Waals surface area contributed by atoms with Crippen LogP contribution in [0.15, 0.2) is 0 Å². The highest BCUT2D eigenvalue weighted by Crippen LogP contribution is 2.77. The molecule has 2 nitrogen and oxygen atoms in total. The maximum absolute atomic E-state index is 11.3. The Hall–Kier alpha value is -0.0200. The largest absolute Gasteiger partial charge is 0.384 e. The van der Waals surface area contributed by atoms with Crippen molar-refractivity contribution >= 4 is 17.7 Å². The first-order chi connectivity index (χ1) is 6.84. The molecule has 0 radical (unpaired) electrons. The van der Waals surface area contributed by atoms with E-state index in [1.54, 1.807) is 0 Å². The molecule has 0 aliphatic heterocycles. The summed E-state index contributed by atoms with van der Waals surface area (Å²) < 4.78 is 0. The number of carbonyl (C=O) groups is 1. The van der Waals surface area contributed by atoms with E-state index in [0.717, 1.165) is 12.8 Å². The van der Waals surface area contributed by atoms with Gasteiger partial charge in [0, 0.05) is 5.41 Å². The van der Waals surface area contributed by atoms with E-state index in [1.165, 1.54) is 6.42 Å². The quantitative estimate of drug-likeness (QED) is 0.711. The molecule has 1 N–H and O–H groups in total. The first-order valence-corrected chi connectivity index (χ1v) is 6.19. The fourth-order valence-electron chi connectivity index (χ4n) is 4.03. The Labute approximate surface area is 96.9 Å². The molecule has 0 bridgehead atoms. The number of carbonyl (C=O) groups excluding carboxylic acids is 1. The fourth-order valence-corrected chi connectivity index (χ4v) is 4.26. The number of rotatable bonds is 2. The number of thiol groups is 1. The summed E-state index contributed by atoms with van der Waals surface area (Å²) in [5, 5.41) is 9.72. The third-order valence-corrected chi connectivity index (χ3v) is 5.21. The number of aliphatic hydroxyl groups is 1. The first kappa shape index (κ1) is 11.5. The van der Waals surface area contributed by atoms with Crippen LogP contribution in [0.4, 0.5) is 0 Å². The highest BCUT2D eigenvalue weighted by Gasteiger charge is 2.75. The summed E-state index contributed by atoms with van der Waals surface area (Å²) in [7, 11) is 0. The summed E-state index contributed by atoms with van der Waals surface area (Å²) >= 11 is 3.80. The topological polar surface area (TPSA) is 37.3 Å². The molecule has 2 aliphatic carbocycles. The molecule has 0 aromatic rings. The summed E-state index contributed by atoms with van der Waals surface area (Å²) in [6.07, 6.45) is 2.47. The third-order valence-electron chi connectivity index (χ3n) is 4.97. The molecule has 0 spiro atoms. The van der Waals surface area contributed by atoms with Crippen LogP contribution in [0.25, 0.3) is 0 Å². The van der Waals surface area contributed by atoms with Gasteiger partial charge < -0.3 is 5.11 Å². The minimum Gasteiger partial charge on any atom is -0.384 e. The van der Waals surface area contributed by atoms with Gasteiger partial charge in [0.05, 0.1) is 0 Å². The zero-order valence-electron chi connectivity index (χ0n) is 9.66. The van der Waals surface area contributed by atoms with Gasteiger partial charge in [0.15, 0.2) is 0 Å².